The number of esters is 1. The van der Waals surface area contributed by atoms with Crippen molar-refractivity contribution in [3.8, 4) is 11.6 Å². The van der Waals surface area contributed by atoms with E-state index in [4.69, 9.17) is 9.47 Å². The highest BCUT2D eigenvalue weighted by atomic mass is 19.1. The van der Waals surface area contributed by atoms with Crippen molar-refractivity contribution in [3.63, 3.8) is 0 Å². The lowest BCUT2D eigenvalue weighted by atomic mass is 10.2. The summed E-state index contributed by atoms with van der Waals surface area (Å²) in [6.07, 6.45) is 6.61. The van der Waals surface area contributed by atoms with Gasteiger partial charge in [-0.1, -0.05) is 6.07 Å². The van der Waals surface area contributed by atoms with E-state index in [1.54, 1.807) is 41.6 Å². The number of carbonyl (C=O) groups excluding carboxylic acids is 1. The number of hydrogen-bond acceptors (Lipinski definition) is 5. The van der Waals surface area contributed by atoms with E-state index in [9.17, 15) is 9.18 Å². The molecule has 0 aliphatic heterocycles. The first-order chi connectivity index (χ1) is 11.7. The summed E-state index contributed by atoms with van der Waals surface area (Å²) < 4.78 is 25.8. The van der Waals surface area contributed by atoms with Gasteiger partial charge < -0.3 is 9.47 Å². The second-order valence-electron chi connectivity index (χ2n) is 4.89. The fourth-order valence-electron chi connectivity index (χ4n) is 2.14. The average Bonchev–Trinajstić information content (AvgIpc) is 3.15. The molecule has 122 valence electrons. The third-order valence-corrected chi connectivity index (χ3v) is 3.35. The van der Waals surface area contributed by atoms with Gasteiger partial charge in [0.2, 0.25) is 0 Å². The van der Waals surface area contributed by atoms with Crippen LogP contribution in [-0.4, -0.2) is 27.6 Å². The molecule has 0 radical (unpaired) electrons. The molecule has 3 rings (SSSR count). The van der Waals surface area contributed by atoms with Crippen LogP contribution in [0.5, 0.6) is 5.75 Å². The zero-order valence-corrected chi connectivity index (χ0v) is 12.8. The maximum atomic E-state index is 14.1. The van der Waals surface area contributed by atoms with Crippen molar-refractivity contribution in [2.45, 2.75) is 6.61 Å². The molecule has 1 aromatic carbocycles. The fraction of sp³-hybridized carbons (Fsp3) is 0.118. The number of hydrogen-bond donors (Lipinski definition) is 0. The third-order valence-electron chi connectivity index (χ3n) is 3.35. The van der Waals surface area contributed by atoms with Crippen LogP contribution in [0, 0.1) is 5.82 Å². The molecule has 0 unspecified atom stereocenters. The molecule has 0 N–H and O–H groups in total. The molecule has 0 aliphatic carbocycles. The molecule has 6 nitrogen and oxygen atoms in total. The molecule has 0 saturated carbocycles. The topological polar surface area (TPSA) is 66.2 Å². The normalized spacial score (nSPS) is 10.4. The summed E-state index contributed by atoms with van der Waals surface area (Å²) in [5.74, 6) is -0.851. The van der Waals surface area contributed by atoms with Crippen LogP contribution in [0.15, 0.2) is 55.2 Å². The minimum atomic E-state index is -0.757. The maximum Gasteiger partial charge on any atom is 0.341 e. The van der Waals surface area contributed by atoms with E-state index in [2.05, 4.69) is 9.97 Å². The molecule has 0 amide bonds. The Morgan fingerprint density at radius 3 is 2.92 bits per heavy atom. The van der Waals surface area contributed by atoms with E-state index in [1.807, 2.05) is 0 Å². The molecule has 0 spiro atoms. The number of nitrogens with zero attached hydrogens (tertiary/aromatic N) is 3. The van der Waals surface area contributed by atoms with Crippen LogP contribution in [0.25, 0.3) is 5.82 Å². The van der Waals surface area contributed by atoms with Crippen molar-refractivity contribution < 1.29 is 18.7 Å². The summed E-state index contributed by atoms with van der Waals surface area (Å²) in [5.41, 5.74) is 0.559. The smallest absolute Gasteiger partial charge is 0.341 e. The molecular formula is C17H14FN3O3. The van der Waals surface area contributed by atoms with Crippen LogP contribution in [0.1, 0.15) is 15.9 Å². The van der Waals surface area contributed by atoms with Gasteiger partial charge in [-0.3, -0.25) is 4.57 Å². The second kappa shape index (κ2) is 6.91. The van der Waals surface area contributed by atoms with Crippen LogP contribution in [0.2, 0.25) is 0 Å². The number of imidazole rings is 1. The van der Waals surface area contributed by atoms with Gasteiger partial charge in [0.25, 0.3) is 0 Å². The zero-order valence-electron chi connectivity index (χ0n) is 12.8. The highest BCUT2D eigenvalue weighted by Gasteiger charge is 2.17. The Balaban J connectivity index is 1.72. The summed E-state index contributed by atoms with van der Waals surface area (Å²) >= 11 is 0. The Morgan fingerprint density at radius 1 is 1.29 bits per heavy atom. The highest BCUT2D eigenvalue weighted by molar-refractivity contribution is 5.90. The van der Waals surface area contributed by atoms with E-state index in [1.165, 1.54) is 25.3 Å². The number of benzene rings is 1. The number of ether oxygens (including phenoxy) is 2. The van der Waals surface area contributed by atoms with Crippen LogP contribution >= 0.6 is 0 Å². The number of methoxy groups -OCH3 is 1. The lowest BCUT2D eigenvalue weighted by Gasteiger charge is -2.09. The molecule has 0 bridgehead atoms. The van der Waals surface area contributed by atoms with Crippen LogP contribution in [0.3, 0.4) is 0 Å². The lowest BCUT2D eigenvalue weighted by Crippen LogP contribution is -2.09. The van der Waals surface area contributed by atoms with Gasteiger partial charge in [0, 0.05) is 18.6 Å². The van der Waals surface area contributed by atoms with Gasteiger partial charge in [0.1, 0.15) is 18.8 Å². The zero-order chi connectivity index (χ0) is 16.9. The second-order valence-corrected chi connectivity index (χ2v) is 4.89. The summed E-state index contributed by atoms with van der Waals surface area (Å²) in [7, 11) is 1.34. The van der Waals surface area contributed by atoms with Gasteiger partial charge in [0.05, 0.1) is 12.7 Å². The molecule has 0 atom stereocenters. The molecule has 0 saturated heterocycles. The first-order valence-corrected chi connectivity index (χ1v) is 7.12. The molecule has 0 fully saturated rings. The lowest BCUT2D eigenvalue weighted by molar-refractivity contribution is 0.0466. The van der Waals surface area contributed by atoms with Gasteiger partial charge >= 0.3 is 5.97 Å². The van der Waals surface area contributed by atoms with Gasteiger partial charge in [-0.25, -0.2) is 19.2 Å². The Bertz CT molecular complexity index is 850. The van der Waals surface area contributed by atoms with E-state index in [0.29, 0.717) is 5.82 Å². The van der Waals surface area contributed by atoms with Crippen molar-refractivity contribution in [1.82, 2.24) is 14.5 Å². The van der Waals surface area contributed by atoms with E-state index in [0.717, 1.165) is 5.56 Å². The van der Waals surface area contributed by atoms with Crippen LogP contribution in [-0.2, 0) is 11.3 Å². The fourth-order valence-corrected chi connectivity index (χ4v) is 2.14. The van der Waals surface area contributed by atoms with E-state index >= 15 is 0 Å². The van der Waals surface area contributed by atoms with Gasteiger partial charge in [-0.05, 0) is 29.8 Å². The first-order valence-electron chi connectivity index (χ1n) is 7.12. The van der Waals surface area contributed by atoms with Crippen LogP contribution in [0.4, 0.5) is 4.39 Å². The SMILES string of the molecule is COc1cccc(C(=O)OCc2ccnc(-n3ccnc3)c2)c1F. The van der Waals surface area contributed by atoms with Gasteiger partial charge in [0.15, 0.2) is 11.6 Å². The largest absolute Gasteiger partial charge is 0.494 e. The summed E-state index contributed by atoms with van der Waals surface area (Å²) in [6, 6.07) is 7.80. The monoisotopic (exact) mass is 327 g/mol. The minimum Gasteiger partial charge on any atom is -0.494 e. The number of halogens is 1. The quantitative estimate of drug-likeness (QED) is 0.674. The summed E-state index contributed by atoms with van der Waals surface area (Å²) in [5, 5.41) is 0. The average molecular weight is 327 g/mol. The Kier molecular flexibility index (Phi) is 4.51. The molecule has 2 heterocycles. The summed E-state index contributed by atoms with van der Waals surface area (Å²) in [6.45, 7) is -0.000297. The number of carbonyl (C=O) groups is 1. The van der Waals surface area contributed by atoms with Crippen molar-refractivity contribution >= 4 is 5.97 Å². The number of pyridine rings is 1. The molecular weight excluding hydrogens is 313 g/mol. The summed E-state index contributed by atoms with van der Waals surface area (Å²) in [4.78, 5) is 20.2. The number of aromatic nitrogens is 3. The Morgan fingerprint density at radius 2 is 2.17 bits per heavy atom. The van der Waals surface area contributed by atoms with Crippen molar-refractivity contribution in [2.24, 2.45) is 0 Å². The van der Waals surface area contributed by atoms with E-state index in [-0.39, 0.29) is 17.9 Å². The Labute approximate surface area is 137 Å². The predicted octanol–water partition coefficient (Wildman–Crippen LogP) is 2.77. The molecule has 0 aliphatic rings. The standard InChI is InChI=1S/C17H14FN3O3/c1-23-14-4-2-3-13(16(14)18)17(22)24-10-12-5-6-20-15(9-12)21-8-7-19-11-21/h2-9,11H,10H2,1H3. The molecule has 7 heteroatoms. The first kappa shape index (κ1) is 15.7. The van der Waals surface area contributed by atoms with Crippen molar-refractivity contribution in [1.29, 1.82) is 0 Å². The number of rotatable bonds is 5. The van der Waals surface area contributed by atoms with Gasteiger partial charge in [-0.2, -0.15) is 0 Å². The minimum absolute atomic E-state index is 0.000297. The van der Waals surface area contributed by atoms with Crippen molar-refractivity contribution in [2.75, 3.05) is 7.11 Å². The molecule has 24 heavy (non-hydrogen) atoms. The third kappa shape index (κ3) is 3.24. The Hall–Kier alpha value is -3.22. The highest BCUT2D eigenvalue weighted by Crippen LogP contribution is 2.21. The predicted molar refractivity (Wildman–Crippen MR) is 83.4 cm³/mol. The van der Waals surface area contributed by atoms with Crippen molar-refractivity contribution in [3.05, 3.63) is 72.2 Å². The van der Waals surface area contributed by atoms with E-state index < -0.39 is 11.8 Å². The van der Waals surface area contributed by atoms with Gasteiger partial charge in [-0.15, -0.1) is 0 Å². The maximum absolute atomic E-state index is 14.1. The molecule has 2 aromatic heterocycles. The molecule has 3 aromatic rings. The van der Waals surface area contributed by atoms with Crippen LogP contribution < -0.4 is 4.74 Å².